The molecule has 2 aromatic carbocycles. The normalized spacial score (nSPS) is 10.6. The van der Waals surface area contributed by atoms with Gasteiger partial charge >= 0.3 is 0 Å². The lowest BCUT2D eigenvalue weighted by Crippen LogP contribution is -2.03. The lowest BCUT2D eigenvalue weighted by Gasteiger charge is -2.05. The van der Waals surface area contributed by atoms with Gasteiger partial charge in [-0.25, -0.2) is 9.67 Å². The van der Waals surface area contributed by atoms with Gasteiger partial charge in [0.1, 0.15) is 12.1 Å². The van der Waals surface area contributed by atoms with E-state index in [1.54, 1.807) is 29.2 Å². The lowest BCUT2D eigenvalue weighted by molar-refractivity contribution is 0.102. The van der Waals surface area contributed by atoms with E-state index in [2.05, 4.69) is 10.1 Å². The average Bonchev–Trinajstić information content (AvgIpc) is 3.09. The molecule has 1 aromatic heterocycles. The second-order valence-electron chi connectivity index (χ2n) is 4.87. The molecule has 0 spiro atoms. The third-order valence-electron chi connectivity index (χ3n) is 3.30. The van der Waals surface area contributed by atoms with E-state index < -0.39 is 0 Å². The number of Topliss-reactive ketones (excluding diaryl/α,β-unsaturated/α-hetero) is 1. The largest absolute Gasteiger partial charge is 0.495 e. The molecule has 3 rings (SSSR count). The van der Waals surface area contributed by atoms with Gasteiger partial charge in [-0.1, -0.05) is 41.6 Å². The van der Waals surface area contributed by atoms with E-state index in [1.165, 1.54) is 18.9 Å². The van der Waals surface area contributed by atoms with Gasteiger partial charge in [0.2, 0.25) is 5.16 Å². The third kappa shape index (κ3) is 3.77. The molecule has 5 nitrogen and oxygen atoms in total. The number of carbonyl (C=O) groups excluding carboxylic acids is 1. The Kier molecular flexibility index (Phi) is 5.17. The number of ketones is 1. The van der Waals surface area contributed by atoms with Crippen molar-refractivity contribution < 1.29 is 9.53 Å². The summed E-state index contributed by atoms with van der Waals surface area (Å²) >= 11 is 7.34. The number of para-hydroxylation sites is 1. The van der Waals surface area contributed by atoms with Crippen molar-refractivity contribution in [1.29, 1.82) is 0 Å². The maximum atomic E-state index is 12.3. The lowest BCUT2D eigenvalue weighted by atomic mass is 10.1. The first-order chi connectivity index (χ1) is 11.7. The molecule has 0 fully saturated rings. The Morgan fingerprint density at radius 2 is 2.04 bits per heavy atom. The zero-order valence-corrected chi connectivity index (χ0v) is 14.4. The Bertz CT molecular complexity index is 852. The quantitative estimate of drug-likeness (QED) is 0.493. The van der Waals surface area contributed by atoms with Crippen molar-refractivity contribution in [2.45, 2.75) is 5.16 Å². The summed E-state index contributed by atoms with van der Waals surface area (Å²) in [5, 5.41) is 5.33. The molecule has 3 aromatic rings. The van der Waals surface area contributed by atoms with Gasteiger partial charge in [0, 0.05) is 5.56 Å². The Morgan fingerprint density at radius 1 is 1.25 bits per heavy atom. The van der Waals surface area contributed by atoms with Gasteiger partial charge < -0.3 is 4.74 Å². The van der Waals surface area contributed by atoms with Crippen LogP contribution in [-0.4, -0.2) is 33.4 Å². The van der Waals surface area contributed by atoms with Crippen LogP contribution >= 0.6 is 23.4 Å². The van der Waals surface area contributed by atoms with Gasteiger partial charge in [0.25, 0.3) is 0 Å². The van der Waals surface area contributed by atoms with E-state index in [0.717, 1.165) is 5.69 Å². The Morgan fingerprint density at radius 3 is 2.75 bits per heavy atom. The van der Waals surface area contributed by atoms with Crippen molar-refractivity contribution >= 4 is 29.1 Å². The van der Waals surface area contributed by atoms with Crippen molar-refractivity contribution in [1.82, 2.24) is 14.8 Å². The summed E-state index contributed by atoms with van der Waals surface area (Å²) in [6, 6.07) is 14.7. The zero-order valence-electron chi connectivity index (χ0n) is 12.8. The molecule has 24 heavy (non-hydrogen) atoms. The predicted molar refractivity (Wildman–Crippen MR) is 94.4 cm³/mol. The van der Waals surface area contributed by atoms with Crippen LogP contribution in [-0.2, 0) is 0 Å². The van der Waals surface area contributed by atoms with Crippen LogP contribution in [0.15, 0.2) is 60.0 Å². The van der Waals surface area contributed by atoms with Crippen LogP contribution in [0.2, 0.25) is 5.02 Å². The van der Waals surface area contributed by atoms with E-state index in [4.69, 9.17) is 16.3 Å². The van der Waals surface area contributed by atoms with Crippen LogP contribution in [0.5, 0.6) is 5.75 Å². The number of thioether (sulfide) groups is 1. The van der Waals surface area contributed by atoms with Gasteiger partial charge in [-0.3, -0.25) is 4.79 Å². The minimum Gasteiger partial charge on any atom is -0.495 e. The summed E-state index contributed by atoms with van der Waals surface area (Å²) in [5.41, 5.74) is 1.46. The van der Waals surface area contributed by atoms with Crippen LogP contribution in [0.4, 0.5) is 0 Å². The van der Waals surface area contributed by atoms with Gasteiger partial charge in [0.15, 0.2) is 5.78 Å². The van der Waals surface area contributed by atoms with Crippen LogP contribution in [0.1, 0.15) is 10.4 Å². The van der Waals surface area contributed by atoms with Gasteiger partial charge in [0.05, 0.1) is 23.6 Å². The SMILES string of the molecule is COc1ccc(C(=O)CSc2ncn(-c3ccccc3)n2)cc1Cl. The third-order valence-corrected chi connectivity index (χ3v) is 4.44. The Labute approximate surface area is 148 Å². The maximum Gasteiger partial charge on any atom is 0.209 e. The van der Waals surface area contributed by atoms with Crippen molar-refractivity contribution in [2.75, 3.05) is 12.9 Å². The zero-order chi connectivity index (χ0) is 16.9. The Hall–Kier alpha value is -2.31. The molecular weight excluding hydrogens is 346 g/mol. The van der Waals surface area contributed by atoms with Gasteiger partial charge in [-0.2, -0.15) is 0 Å². The van der Waals surface area contributed by atoms with Crippen molar-refractivity contribution in [2.24, 2.45) is 0 Å². The van der Waals surface area contributed by atoms with Crippen molar-refractivity contribution in [3.8, 4) is 11.4 Å². The fraction of sp³-hybridized carbons (Fsp3) is 0.118. The number of nitrogens with zero attached hydrogens (tertiary/aromatic N) is 3. The molecule has 0 N–H and O–H groups in total. The topological polar surface area (TPSA) is 57.0 Å². The van der Waals surface area contributed by atoms with Crippen LogP contribution in [0.25, 0.3) is 5.69 Å². The minimum atomic E-state index is -0.0411. The minimum absolute atomic E-state index is 0.0411. The van der Waals surface area contributed by atoms with Crippen molar-refractivity contribution in [3.63, 3.8) is 0 Å². The standard InChI is InChI=1S/C17H14ClN3O2S/c1-23-16-8-7-12(9-14(16)18)15(22)10-24-17-19-11-21(20-17)13-5-3-2-4-6-13/h2-9,11H,10H2,1H3. The molecule has 0 bridgehead atoms. The molecule has 7 heteroatoms. The highest BCUT2D eigenvalue weighted by atomic mass is 35.5. The summed E-state index contributed by atoms with van der Waals surface area (Å²) < 4.78 is 6.76. The molecule has 0 atom stereocenters. The number of hydrogen-bond donors (Lipinski definition) is 0. The molecule has 0 unspecified atom stereocenters. The molecule has 0 aliphatic carbocycles. The number of ether oxygens (including phenoxy) is 1. The molecule has 0 radical (unpaired) electrons. The average molecular weight is 360 g/mol. The van der Waals surface area contributed by atoms with Crippen molar-refractivity contribution in [3.05, 3.63) is 65.4 Å². The molecule has 0 amide bonds. The smallest absolute Gasteiger partial charge is 0.209 e. The summed E-state index contributed by atoms with van der Waals surface area (Å²) in [6.07, 6.45) is 1.63. The first-order valence-corrected chi connectivity index (χ1v) is 8.50. The number of methoxy groups -OCH3 is 1. The monoisotopic (exact) mass is 359 g/mol. The Balaban J connectivity index is 1.65. The summed E-state index contributed by atoms with van der Waals surface area (Å²) in [7, 11) is 1.54. The van der Waals surface area contributed by atoms with E-state index in [0.29, 0.717) is 21.5 Å². The van der Waals surface area contributed by atoms with E-state index in [1.807, 2.05) is 30.3 Å². The highest BCUT2D eigenvalue weighted by molar-refractivity contribution is 7.99. The molecule has 0 aliphatic heterocycles. The van der Waals surface area contributed by atoms with E-state index >= 15 is 0 Å². The molecule has 0 saturated carbocycles. The second-order valence-corrected chi connectivity index (χ2v) is 6.22. The number of halogens is 1. The highest BCUT2D eigenvalue weighted by Crippen LogP contribution is 2.26. The van der Waals surface area contributed by atoms with Gasteiger partial charge in [-0.05, 0) is 30.3 Å². The molecule has 0 aliphatic rings. The van der Waals surface area contributed by atoms with E-state index in [9.17, 15) is 4.79 Å². The second kappa shape index (κ2) is 7.51. The summed E-state index contributed by atoms with van der Waals surface area (Å²) in [4.78, 5) is 16.5. The predicted octanol–water partition coefficient (Wildman–Crippen LogP) is 3.90. The fourth-order valence-corrected chi connectivity index (χ4v) is 3.02. The van der Waals surface area contributed by atoms with Gasteiger partial charge in [-0.15, -0.1) is 5.10 Å². The molecule has 1 heterocycles. The fourth-order valence-electron chi connectivity index (χ4n) is 2.07. The first kappa shape index (κ1) is 16.5. The molecule has 122 valence electrons. The molecule has 0 saturated heterocycles. The number of benzene rings is 2. The van der Waals surface area contributed by atoms with Crippen LogP contribution < -0.4 is 4.74 Å². The number of carbonyl (C=O) groups is 1. The van der Waals surface area contributed by atoms with Crippen LogP contribution in [0.3, 0.4) is 0 Å². The summed E-state index contributed by atoms with van der Waals surface area (Å²) in [6.45, 7) is 0. The van der Waals surface area contributed by atoms with E-state index in [-0.39, 0.29) is 11.5 Å². The highest BCUT2D eigenvalue weighted by Gasteiger charge is 2.12. The first-order valence-electron chi connectivity index (χ1n) is 7.14. The number of hydrogen-bond acceptors (Lipinski definition) is 5. The maximum absolute atomic E-state index is 12.3. The summed E-state index contributed by atoms with van der Waals surface area (Å²) in [5.74, 6) is 0.742. The number of rotatable bonds is 6. The van der Waals surface area contributed by atoms with Crippen LogP contribution in [0, 0.1) is 0 Å². The number of aromatic nitrogens is 3. The molecular formula is C17H14ClN3O2S.